The Balaban J connectivity index is 1.48. The highest BCUT2D eigenvalue weighted by atomic mass is 32.2. The number of ether oxygens (including phenoxy) is 1. The Morgan fingerprint density at radius 3 is 2.22 bits per heavy atom. The van der Waals surface area contributed by atoms with E-state index in [1.54, 1.807) is 13.8 Å². The minimum atomic E-state index is -0.880. The van der Waals surface area contributed by atoms with Gasteiger partial charge in [0.1, 0.15) is 6.61 Å². The fourth-order valence-corrected chi connectivity index (χ4v) is 4.41. The van der Waals surface area contributed by atoms with Crippen molar-refractivity contribution < 1.29 is 24.2 Å². The molecule has 0 heterocycles. The lowest BCUT2D eigenvalue weighted by molar-refractivity contribution is -0.134. The Labute approximate surface area is 191 Å². The molecule has 0 aliphatic heterocycles. The number of carboxylic acids is 1. The molecule has 1 aliphatic carbocycles. The van der Waals surface area contributed by atoms with Gasteiger partial charge < -0.3 is 20.5 Å². The van der Waals surface area contributed by atoms with Gasteiger partial charge in [0.15, 0.2) is 0 Å². The monoisotopic (exact) mass is 456 g/mol. The quantitative estimate of drug-likeness (QED) is 0.472. The molecule has 1 aliphatic rings. The maximum absolute atomic E-state index is 12.5. The molecule has 170 valence electrons. The van der Waals surface area contributed by atoms with E-state index in [2.05, 4.69) is 34.9 Å². The van der Waals surface area contributed by atoms with Gasteiger partial charge in [0.05, 0.1) is 5.75 Å². The molecule has 0 bridgehead atoms. The zero-order chi connectivity index (χ0) is 23.1. The van der Waals surface area contributed by atoms with Gasteiger partial charge in [-0.3, -0.25) is 9.59 Å². The molecule has 2 aromatic carbocycles. The Bertz CT molecular complexity index is 946. The predicted octanol–water partition coefficient (Wildman–Crippen LogP) is 3.63. The van der Waals surface area contributed by atoms with Gasteiger partial charge in [-0.2, -0.15) is 0 Å². The molecule has 2 aromatic rings. The predicted molar refractivity (Wildman–Crippen MR) is 125 cm³/mol. The van der Waals surface area contributed by atoms with Crippen LogP contribution in [0.5, 0.6) is 0 Å². The van der Waals surface area contributed by atoms with Crippen LogP contribution < -0.4 is 10.6 Å². The molecule has 2 amide bonds. The number of hydrogen-bond acceptors (Lipinski definition) is 5. The second-order valence-corrected chi connectivity index (χ2v) is 9.41. The summed E-state index contributed by atoms with van der Waals surface area (Å²) in [7, 11) is 0. The lowest BCUT2D eigenvalue weighted by Gasteiger charge is -2.25. The zero-order valence-corrected chi connectivity index (χ0v) is 19.0. The normalized spacial score (nSPS) is 12.6. The molecule has 3 rings (SSSR count). The number of rotatable bonds is 10. The van der Waals surface area contributed by atoms with Crippen molar-refractivity contribution in [2.75, 3.05) is 24.7 Å². The Kier molecular flexibility index (Phi) is 7.80. The molecule has 0 saturated carbocycles. The van der Waals surface area contributed by atoms with Crippen LogP contribution in [0.4, 0.5) is 4.79 Å². The molecule has 0 saturated heterocycles. The molecule has 0 fully saturated rings. The number of fused-ring (bicyclic) bond motifs is 3. The molecule has 0 aromatic heterocycles. The number of alkyl carbamates (subject to hydrolysis) is 1. The highest BCUT2D eigenvalue weighted by molar-refractivity contribution is 7.99. The number of carbonyl (C=O) groups excluding carboxylic acids is 2. The minimum absolute atomic E-state index is 0.00467. The third-order valence-corrected chi connectivity index (χ3v) is 6.12. The fraction of sp³-hybridized carbons (Fsp3) is 0.375. The van der Waals surface area contributed by atoms with E-state index in [1.165, 1.54) is 11.8 Å². The average molecular weight is 457 g/mol. The summed E-state index contributed by atoms with van der Waals surface area (Å²) < 4.78 is 5.55. The van der Waals surface area contributed by atoms with Crippen molar-refractivity contribution in [3.8, 4) is 11.1 Å². The molecule has 0 unspecified atom stereocenters. The summed E-state index contributed by atoms with van der Waals surface area (Å²) in [5, 5.41) is 14.1. The van der Waals surface area contributed by atoms with Crippen LogP contribution in [-0.2, 0) is 14.3 Å². The number of aliphatic carboxylic acids is 1. The van der Waals surface area contributed by atoms with Gasteiger partial charge in [-0.1, -0.05) is 48.5 Å². The summed E-state index contributed by atoms with van der Waals surface area (Å²) in [4.78, 5) is 35.1. The zero-order valence-electron chi connectivity index (χ0n) is 18.2. The largest absolute Gasteiger partial charge is 0.481 e. The fourth-order valence-electron chi connectivity index (χ4n) is 3.84. The van der Waals surface area contributed by atoms with E-state index in [9.17, 15) is 14.4 Å². The summed E-state index contributed by atoms with van der Waals surface area (Å²) in [5.74, 6) is -0.606. The van der Waals surface area contributed by atoms with E-state index >= 15 is 0 Å². The van der Waals surface area contributed by atoms with Crippen LogP contribution in [-0.4, -0.2) is 53.3 Å². The smallest absolute Gasteiger partial charge is 0.407 e. The summed E-state index contributed by atoms with van der Waals surface area (Å²) in [6, 6.07) is 16.3. The van der Waals surface area contributed by atoms with Crippen LogP contribution in [0.1, 0.15) is 37.3 Å². The number of benzene rings is 2. The molecule has 3 N–H and O–H groups in total. The molecule has 32 heavy (non-hydrogen) atoms. The lowest BCUT2D eigenvalue weighted by atomic mass is 9.98. The Morgan fingerprint density at radius 2 is 1.62 bits per heavy atom. The first-order chi connectivity index (χ1) is 15.3. The van der Waals surface area contributed by atoms with E-state index in [-0.39, 0.29) is 30.6 Å². The third kappa shape index (κ3) is 6.26. The van der Waals surface area contributed by atoms with Crippen molar-refractivity contribution in [2.24, 2.45) is 0 Å². The van der Waals surface area contributed by atoms with Gasteiger partial charge in [0, 0.05) is 30.2 Å². The van der Waals surface area contributed by atoms with Gasteiger partial charge >= 0.3 is 12.1 Å². The number of nitrogens with one attached hydrogen (secondary N) is 2. The maximum Gasteiger partial charge on any atom is 0.407 e. The van der Waals surface area contributed by atoms with Crippen molar-refractivity contribution in [3.05, 3.63) is 59.7 Å². The Morgan fingerprint density at radius 1 is 1.03 bits per heavy atom. The molecule has 0 radical (unpaired) electrons. The van der Waals surface area contributed by atoms with Crippen molar-refractivity contribution in [3.63, 3.8) is 0 Å². The second-order valence-electron chi connectivity index (χ2n) is 8.31. The van der Waals surface area contributed by atoms with Crippen LogP contribution in [0.3, 0.4) is 0 Å². The van der Waals surface area contributed by atoms with E-state index in [1.807, 2.05) is 24.3 Å². The van der Waals surface area contributed by atoms with E-state index in [4.69, 9.17) is 9.84 Å². The topological polar surface area (TPSA) is 105 Å². The average Bonchev–Trinajstić information content (AvgIpc) is 3.05. The summed E-state index contributed by atoms with van der Waals surface area (Å²) >= 11 is 1.24. The van der Waals surface area contributed by atoms with Gasteiger partial charge in [-0.05, 0) is 36.1 Å². The number of hydrogen-bond donors (Lipinski definition) is 3. The highest BCUT2D eigenvalue weighted by Crippen LogP contribution is 2.44. The first-order valence-electron chi connectivity index (χ1n) is 10.5. The van der Waals surface area contributed by atoms with Gasteiger partial charge in [0.2, 0.25) is 5.91 Å². The minimum Gasteiger partial charge on any atom is -0.481 e. The highest BCUT2D eigenvalue weighted by Gasteiger charge is 2.30. The van der Waals surface area contributed by atoms with Gasteiger partial charge in [0.25, 0.3) is 0 Å². The van der Waals surface area contributed by atoms with Crippen molar-refractivity contribution in [1.82, 2.24) is 10.6 Å². The lowest BCUT2D eigenvalue weighted by Crippen LogP contribution is -2.47. The summed E-state index contributed by atoms with van der Waals surface area (Å²) in [6.45, 7) is 4.10. The van der Waals surface area contributed by atoms with Crippen LogP contribution in [0.25, 0.3) is 11.1 Å². The SMILES string of the molecule is CC(C)(CC(=O)NCCSCC(=O)O)NC(=O)OCC1c2ccccc2-c2ccccc21. The molecule has 8 heteroatoms. The standard InChI is InChI=1S/C24H28N2O5S/c1-24(2,13-21(27)25-11-12-32-15-22(28)29)26-23(30)31-14-20-18-9-5-3-7-16(18)17-8-4-6-10-19(17)20/h3-10,20H,11-15H2,1-2H3,(H,25,27)(H,26,30)(H,28,29). The number of carboxylic acid groups (broad SMARTS) is 1. The summed E-state index contributed by atoms with van der Waals surface area (Å²) in [6.07, 6.45) is -0.484. The Hall–Kier alpha value is -3.00. The second kappa shape index (κ2) is 10.5. The number of carbonyl (C=O) groups is 3. The van der Waals surface area contributed by atoms with Crippen LogP contribution >= 0.6 is 11.8 Å². The van der Waals surface area contributed by atoms with E-state index in [0.29, 0.717) is 12.3 Å². The summed E-state index contributed by atoms with van der Waals surface area (Å²) in [5.41, 5.74) is 3.81. The first kappa shape index (κ1) is 23.7. The van der Waals surface area contributed by atoms with E-state index in [0.717, 1.165) is 22.3 Å². The first-order valence-corrected chi connectivity index (χ1v) is 11.6. The van der Waals surface area contributed by atoms with Crippen molar-refractivity contribution >= 4 is 29.7 Å². The molecule has 0 spiro atoms. The van der Waals surface area contributed by atoms with Crippen LogP contribution in [0, 0.1) is 0 Å². The van der Waals surface area contributed by atoms with Gasteiger partial charge in [-0.15, -0.1) is 11.8 Å². The van der Waals surface area contributed by atoms with Crippen molar-refractivity contribution in [2.45, 2.75) is 31.7 Å². The molecule has 7 nitrogen and oxygen atoms in total. The number of thioether (sulfide) groups is 1. The van der Waals surface area contributed by atoms with Gasteiger partial charge in [-0.25, -0.2) is 4.79 Å². The molecule has 0 atom stereocenters. The molecular formula is C24H28N2O5S. The van der Waals surface area contributed by atoms with Crippen LogP contribution in [0.2, 0.25) is 0 Å². The van der Waals surface area contributed by atoms with E-state index < -0.39 is 17.6 Å². The maximum atomic E-state index is 12.5. The number of amides is 2. The molecular weight excluding hydrogens is 428 g/mol. The van der Waals surface area contributed by atoms with Crippen molar-refractivity contribution in [1.29, 1.82) is 0 Å². The van der Waals surface area contributed by atoms with Crippen LogP contribution in [0.15, 0.2) is 48.5 Å². The third-order valence-electron chi connectivity index (χ3n) is 5.18.